The Balaban J connectivity index is 1.53. The van der Waals surface area contributed by atoms with Crippen LogP contribution in [0.3, 0.4) is 0 Å². The van der Waals surface area contributed by atoms with Crippen LogP contribution in [0.1, 0.15) is 43.5 Å². The van der Waals surface area contributed by atoms with Gasteiger partial charge in [-0.05, 0) is 38.0 Å². The minimum absolute atomic E-state index is 0.0518. The van der Waals surface area contributed by atoms with Crippen LogP contribution in [-0.4, -0.2) is 42.4 Å². The third-order valence-corrected chi connectivity index (χ3v) is 5.01. The molecular weight excluding hydrogens is 384 g/mol. The minimum atomic E-state index is -0.383. The first kappa shape index (κ1) is 18.2. The van der Waals surface area contributed by atoms with Gasteiger partial charge in [-0.3, -0.25) is 19.9 Å². The summed E-state index contributed by atoms with van der Waals surface area (Å²) in [6.07, 6.45) is 7.24. The number of carbonyl (C=O) groups excluding carboxylic acids is 2. The molecule has 2 aliphatic rings. The average molecular weight is 404 g/mol. The second-order valence-electron chi connectivity index (χ2n) is 7.47. The van der Waals surface area contributed by atoms with Crippen molar-refractivity contribution in [1.82, 2.24) is 29.9 Å². The second kappa shape index (κ2) is 7.21. The number of fused-ring (bicyclic) bond motifs is 1. The first-order valence-electron chi connectivity index (χ1n) is 9.81. The predicted octanol–water partition coefficient (Wildman–Crippen LogP) is 1.70. The van der Waals surface area contributed by atoms with Gasteiger partial charge < -0.3 is 10.6 Å². The van der Waals surface area contributed by atoms with E-state index in [0.29, 0.717) is 34.7 Å². The Morgan fingerprint density at radius 2 is 2.13 bits per heavy atom. The van der Waals surface area contributed by atoms with Crippen molar-refractivity contribution >= 4 is 35.4 Å². The summed E-state index contributed by atoms with van der Waals surface area (Å²) in [5.74, 6) is 0.317. The van der Waals surface area contributed by atoms with Gasteiger partial charge in [-0.15, -0.1) is 0 Å². The van der Waals surface area contributed by atoms with Gasteiger partial charge in [-0.2, -0.15) is 19.6 Å². The third-order valence-electron chi connectivity index (χ3n) is 5.01. The molecule has 30 heavy (non-hydrogen) atoms. The van der Waals surface area contributed by atoms with Gasteiger partial charge >= 0.3 is 0 Å². The number of amides is 2. The predicted molar refractivity (Wildman–Crippen MR) is 109 cm³/mol. The first-order chi connectivity index (χ1) is 14.6. The molecule has 0 unspecified atom stereocenters. The van der Waals surface area contributed by atoms with Gasteiger partial charge in [-0.1, -0.05) is 6.07 Å². The molecule has 10 nitrogen and oxygen atoms in total. The third kappa shape index (κ3) is 3.59. The van der Waals surface area contributed by atoms with Gasteiger partial charge in [0.15, 0.2) is 5.65 Å². The number of hydrogen-bond donors (Lipinski definition) is 3. The van der Waals surface area contributed by atoms with Gasteiger partial charge in [0.25, 0.3) is 5.91 Å². The van der Waals surface area contributed by atoms with Gasteiger partial charge in [0.2, 0.25) is 17.8 Å². The van der Waals surface area contributed by atoms with E-state index in [1.54, 1.807) is 23.0 Å². The van der Waals surface area contributed by atoms with E-state index in [1.807, 2.05) is 25.1 Å². The molecule has 4 heterocycles. The van der Waals surface area contributed by atoms with Gasteiger partial charge in [-0.25, -0.2) is 0 Å². The van der Waals surface area contributed by atoms with Crippen molar-refractivity contribution in [2.75, 3.05) is 10.6 Å². The summed E-state index contributed by atoms with van der Waals surface area (Å²) < 4.78 is 1.62. The van der Waals surface area contributed by atoms with E-state index in [0.717, 1.165) is 18.5 Å². The molecule has 0 bridgehead atoms. The topological polar surface area (TPSA) is 126 Å². The van der Waals surface area contributed by atoms with Gasteiger partial charge in [0, 0.05) is 23.4 Å². The van der Waals surface area contributed by atoms with E-state index in [-0.39, 0.29) is 24.3 Å². The number of hydrogen-bond acceptors (Lipinski definition) is 8. The highest BCUT2D eigenvalue weighted by Crippen LogP contribution is 2.27. The lowest BCUT2D eigenvalue weighted by atomic mass is 10.1. The SMILES string of the molecule is C[C@H](Nc1nc(NC2CC2)n2ncc(/C=C3\CC(=O)NC3=O)c2n1)c1ccccn1. The molecule has 152 valence electrons. The lowest BCUT2D eigenvalue weighted by Crippen LogP contribution is -2.19. The van der Waals surface area contributed by atoms with E-state index in [9.17, 15) is 9.59 Å². The maximum Gasteiger partial charge on any atom is 0.254 e. The molecule has 1 aliphatic heterocycles. The highest BCUT2D eigenvalue weighted by atomic mass is 16.2. The Labute approximate surface area is 171 Å². The molecule has 3 aromatic rings. The maximum atomic E-state index is 11.9. The zero-order chi connectivity index (χ0) is 20.7. The summed E-state index contributed by atoms with van der Waals surface area (Å²) in [4.78, 5) is 37.0. The Hall–Kier alpha value is -3.82. The Morgan fingerprint density at radius 3 is 2.83 bits per heavy atom. The zero-order valence-electron chi connectivity index (χ0n) is 16.3. The number of pyridine rings is 1. The standard InChI is InChI=1S/C20H20N8O2/c1-11(15-4-2-3-7-21-15)23-19-26-17-13(8-12-9-16(29)25-18(12)30)10-22-28(17)20(27-19)24-14-5-6-14/h2-4,7-8,10-11,14H,5-6,9H2,1H3,(H,25,29,30)(H2,23,24,26,27)/b12-8+/t11-/m0/s1. The summed E-state index contributed by atoms with van der Waals surface area (Å²) in [6, 6.07) is 6.00. The highest BCUT2D eigenvalue weighted by Gasteiger charge is 2.26. The van der Waals surface area contributed by atoms with Crippen LogP contribution in [0, 0.1) is 0 Å². The number of nitrogens with zero attached hydrogens (tertiary/aromatic N) is 5. The molecular formula is C20H20N8O2. The quantitative estimate of drug-likeness (QED) is 0.419. The number of imide groups is 1. The van der Waals surface area contributed by atoms with E-state index < -0.39 is 0 Å². The number of carbonyl (C=O) groups is 2. The van der Waals surface area contributed by atoms with Crippen molar-refractivity contribution in [2.45, 2.75) is 38.3 Å². The Morgan fingerprint density at radius 1 is 1.27 bits per heavy atom. The lowest BCUT2D eigenvalue weighted by molar-refractivity contribution is -0.124. The van der Waals surface area contributed by atoms with Crippen LogP contribution < -0.4 is 16.0 Å². The highest BCUT2D eigenvalue weighted by molar-refractivity contribution is 6.15. The summed E-state index contributed by atoms with van der Waals surface area (Å²) in [5, 5.41) is 13.3. The summed E-state index contributed by atoms with van der Waals surface area (Å²) in [7, 11) is 0. The summed E-state index contributed by atoms with van der Waals surface area (Å²) in [5.41, 5.74) is 2.45. The maximum absolute atomic E-state index is 11.9. The van der Waals surface area contributed by atoms with Gasteiger partial charge in [0.05, 0.1) is 24.4 Å². The number of nitrogens with one attached hydrogen (secondary N) is 3. The fourth-order valence-corrected chi connectivity index (χ4v) is 3.27. The zero-order valence-corrected chi connectivity index (χ0v) is 16.3. The largest absolute Gasteiger partial charge is 0.351 e. The summed E-state index contributed by atoms with van der Waals surface area (Å²) in [6.45, 7) is 1.98. The van der Waals surface area contributed by atoms with Crippen LogP contribution in [0.25, 0.3) is 11.7 Å². The molecule has 3 N–H and O–H groups in total. The van der Waals surface area contributed by atoms with Crippen molar-refractivity contribution in [2.24, 2.45) is 0 Å². The van der Waals surface area contributed by atoms with E-state index >= 15 is 0 Å². The van der Waals surface area contributed by atoms with Crippen molar-refractivity contribution in [3.8, 4) is 0 Å². The van der Waals surface area contributed by atoms with E-state index in [2.05, 4.69) is 36.0 Å². The molecule has 3 aromatic heterocycles. The molecule has 0 radical (unpaired) electrons. The first-order valence-corrected chi connectivity index (χ1v) is 9.81. The van der Waals surface area contributed by atoms with Crippen LogP contribution in [0.15, 0.2) is 36.2 Å². The lowest BCUT2D eigenvalue weighted by Gasteiger charge is -2.15. The van der Waals surface area contributed by atoms with Crippen molar-refractivity contribution in [3.63, 3.8) is 0 Å². The normalized spacial score (nSPS) is 18.6. The van der Waals surface area contributed by atoms with Crippen LogP contribution in [0.4, 0.5) is 11.9 Å². The summed E-state index contributed by atoms with van der Waals surface area (Å²) >= 11 is 0. The molecule has 2 fully saturated rings. The number of anilines is 2. The van der Waals surface area contributed by atoms with Crippen molar-refractivity contribution < 1.29 is 9.59 Å². The smallest absolute Gasteiger partial charge is 0.254 e. The van der Waals surface area contributed by atoms with Crippen LogP contribution in [-0.2, 0) is 9.59 Å². The average Bonchev–Trinajstić information content (AvgIpc) is 3.37. The number of aromatic nitrogens is 5. The van der Waals surface area contributed by atoms with E-state index in [1.165, 1.54) is 0 Å². The van der Waals surface area contributed by atoms with E-state index in [4.69, 9.17) is 0 Å². The fourth-order valence-electron chi connectivity index (χ4n) is 3.27. The molecule has 5 rings (SSSR count). The minimum Gasteiger partial charge on any atom is -0.351 e. The number of rotatable bonds is 6. The molecule has 0 spiro atoms. The van der Waals surface area contributed by atoms with Crippen LogP contribution in [0.2, 0.25) is 0 Å². The Kier molecular flexibility index (Phi) is 4.38. The molecule has 0 aromatic carbocycles. The second-order valence-corrected chi connectivity index (χ2v) is 7.47. The molecule has 10 heteroatoms. The van der Waals surface area contributed by atoms with Crippen molar-refractivity contribution in [3.05, 3.63) is 47.4 Å². The van der Waals surface area contributed by atoms with Crippen LogP contribution in [0.5, 0.6) is 0 Å². The molecule has 1 aliphatic carbocycles. The van der Waals surface area contributed by atoms with Crippen LogP contribution >= 0.6 is 0 Å². The van der Waals surface area contributed by atoms with Gasteiger partial charge in [0.1, 0.15) is 0 Å². The molecule has 2 amide bonds. The fraction of sp³-hybridized carbons (Fsp3) is 0.300. The van der Waals surface area contributed by atoms with Crippen molar-refractivity contribution in [1.29, 1.82) is 0 Å². The monoisotopic (exact) mass is 404 g/mol. The molecule has 1 atom stereocenters. The molecule has 1 saturated heterocycles. The molecule has 1 saturated carbocycles. The Bertz CT molecular complexity index is 1170.